The van der Waals surface area contributed by atoms with Crippen LogP contribution < -0.4 is 5.32 Å². The van der Waals surface area contributed by atoms with Gasteiger partial charge in [-0.05, 0) is 45.8 Å². The topological polar surface area (TPSA) is 15.3 Å². The van der Waals surface area contributed by atoms with Gasteiger partial charge < -0.3 is 10.2 Å². The van der Waals surface area contributed by atoms with Gasteiger partial charge in [-0.2, -0.15) is 0 Å². The zero-order valence-electron chi connectivity index (χ0n) is 9.73. The maximum atomic E-state index is 12.7. The Hall–Kier alpha value is -0.220. The largest absolute Gasteiger partial charge is 0.319 e. The van der Waals surface area contributed by atoms with E-state index >= 15 is 0 Å². The molecule has 0 amide bonds. The summed E-state index contributed by atoms with van der Waals surface area (Å²) in [5, 5.41) is 3.16. The first kappa shape index (κ1) is 12.8. The van der Waals surface area contributed by atoms with E-state index in [1.54, 1.807) is 0 Å². The molecule has 0 saturated carbocycles. The first-order chi connectivity index (χ1) is 7.01. The second-order valence-corrected chi connectivity index (χ2v) is 4.69. The maximum Gasteiger partial charge on any atom is 0.246 e. The monoisotopic (exact) mass is 220 g/mol. The van der Waals surface area contributed by atoms with Gasteiger partial charge in [0.25, 0.3) is 0 Å². The molecule has 1 rings (SSSR count). The summed E-state index contributed by atoms with van der Waals surface area (Å²) in [6, 6.07) is 0. The van der Waals surface area contributed by atoms with Crippen LogP contribution in [0.15, 0.2) is 0 Å². The minimum atomic E-state index is -2.52. The third-order valence-corrected chi connectivity index (χ3v) is 2.96. The Morgan fingerprint density at radius 1 is 1.47 bits per heavy atom. The van der Waals surface area contributed by atoms with E-state index < -0.39 is 5.92 Å². The van der Waals surface area contributed by atoms with Crippen molar-refractivity contribution >= 4 is 0 Å². The fourth-order valence-corrected chi connectivity index (χ4v) is 2.16. The molecule has 0 aliphatic carbocycles. The van der Waals surface area contributed by atoms with Crippen LogP contribution in [0.2, 0.25) is 0 Å². The van der Waals surface area contributed by atoms with Crippen LogP contribution in [-0.4, -0.2) is 44.0 Å². The van der Waals surface area contributed by atoms with E-state index in [4.69, 9.17) is 0 Å². The number of nitrogens with zero attached hydrogens (tertiary/aromatic N) is 1. The third-order valence-electron chi connectivity index (χ3n) is 2.96. The van der Waals surface area contributed by atoms with Crippen LogP contribution in [0.1, 0.15) is 26.2 Å². The van der Waals surface area contributed by atoms with Gasteiger partial charge in [-0.1, -0.05) is 0 Å². The summed E-state index contributed by atoms with van der Waals surface area (Å²) >= 11 is 0. The summed E-state index contributed by atoms with van der Waals surface area (Å²) in [4.78, 5) is 2.17. The molecule has 1 aliphatic rings. The molecule has 1 atom stereocenters. The normalized spacial score (nSPS) is 24.4. The molecular formula is C11H22F2N2. The van der Waals surface area contributed by atoms with Crippen LogP contribution in [-0.2, 0) is 0 Å². The van der Waals surface area contributed by atoms with Crippen LogP contribution in [0, 0.1) is 5.92 Å². The predicted octanol–water partition coefficient (Wildman–Crippen LogP) is 1.96. The van der Waals surface area contributed by atoms with Crippen LogP contribution >= 0.6 is 0 Å². The molecule has 4 heteroatoms. The lowest BCUT2D eigenvalue weighted by Crippen LogP contribution is -2.40. The van der Waals surface area contributed by atoms with Crippen molar-refractivity contribution in [2.45, 2.75) is 32.1 Å². The van der Waals surface area contributed by atoms with Gasteiger partial charge >= 0.3 is 0 Å². The van der Waals surface area contributed by atoms with Gasteiger partial charge in [0, 0.05) is 19.5 Å². The van der Waals surface area contributed by atoms with E-state index in [2.05, 4.69) is 10.2 Å². The molecule has 0 radical (unpaired) electrons. The smallest absolute Gasteiger partial charge is 0.246 e. The number of rotatable bonds is 5. The van der Waals surface area contributed by atoms with E-state index in [1.165, 1.54) is 6.42 Å². The van der Waals surface area contributed by atoms with E-state index in [0.29, 0.717) is 12.5 Å². The molecule has 1 unspecified atom stereocenters. The number of nitrogens with one attached hydrogen (secondary N) is 1. The molecule has 0 bridgehead atoms. The first-order valence-electron chi connectivity index (χ1n) is 5.76. The molecule has 0 spiro atoms. The number of halogens is 2. The van der Waals surface area contributed by atoms with E-state index in [9.17, 15) is 8.78 Å². The Kier molecular flexibility index (Phi) is 4.93. The molecule has 90 valence electrons. The number of likely N-dealkylation sites (tertiary alicyclic amines) is 1. The van der Waals surface area contributed by atoms with Gasteiger partial charge in [-0.3, -0.25) is 0 Å². The molecule has 1 fully saturated rings. The molecule has 0 aromatic rings. The number of piperidine rings is 1. The lowest BCUT2D eigenvalue weighted by atomic mass is 9.98. The molecule has 15 heavy (non-hydrogen) atoms. The summed E-state index contributed by atoms with van der Waals surface area (Å²) < 4.78 is 25.4. The van der Waals surface area contributed by atoms with E-state index in [1.807, 2.05) is 7.05 Å². The van der Waals surface area contributed by atoms with Crippen molar-refractivity contribution in [1.29, 1.82) is 0 Å². The molecule has 1 saturated heterocycles. The molecule has 1 heterocycles. The minimum Gasteiger partial charge on any atom is -0.319 e. The minimum absolute atomic E-state index is 0.0146. The summed E-state index contributed by atoms with van der Waals surface area (Å²) in [6.45, 7) is 4.48. The van der Waals surface area contributed by atoms with Crippen LogP contribution in [0.3, 0.4) is 0 Å². The van der Waals surface area contributed by atoms with Crippen LogP contribution in [0.25, 0.3) is 0 Å². The lowest BCUT2D eigenvalue weighted by molar-refractivity contribution is -0.000529. The highest BCUT2D eigenvalue weighted by Crippen LogP contribution is 2.20. The average molecular weight is 220 g/mol. The quantitative estimate of drug-likeness (QED) is 0.762. The molecule has 1 aliphatic heterocycles. The van der Waals surface area contributed by atoms with Crippen molar-refractivity contribution in [2.75, 3.05) is 33.2 Å². The van der Waals surface area contributed by atoms with E-state index in [-0.39, 0.29) is 6.42 Å². The van der Waals surface area contributed by atoms with Crippen molar-refractivity contribution in [3.05, 3.63) is 0 Å². The zero-order valence-corrected chi connectivity index (χ0v) is 9.73. The lowest BCUT2D eigenvalue weighted by Gasteiger charge is -2.33. The number of hydrogen-bond acceptors (Lipinski definition) is 2. The predicted molar refractivity (Wildman–Crippen MR) is 58.3 cm³/mol. The summed E-state index contributed by atoms with van der Waals surface area (Å²) in [5.74, 6) is -1.88. The Labute approximate surface area is 91.0 Å². The van der Waals surface area contributed by atoms with Crippen molar-refractivity contribution in [1.82, 2.24) is 10.2 Å². The molecule has 2 nitrogen and oxygen atoms in total. The van der Waals surface area contributed by atoms with Crippen LogP contribution in [0.5, 0.6) is 0 Å². The highest BCUT2D eigenvalue weighted by atomic mass is 19.3. The average Bonchev–Trinajstić information content (AvgIpc) is 2.15. The first-order valence-corrected chi connectivity index (χ1v) is 5.76. The van der Waals surface area contributed by atoms with Gasteiger partial charge in [0.1, 0.15) is 0 Å². The summed E-state index contributed by atoms with van der Waals surface area (Å²) in [7, 11) is 1.94. The molecule has 1 N–H and O–H groups in total. The Morgan fingerprint density at radius 2 is 2.20 bits per heavy atom. The second kappa shape index (κ2) is 5.75. The Morgan fingerprint density at radius 3 is 2.80 bits per heavy atom. The molecule has 0 aromatic carbocycles. The number of alkyl halides is 2. The highest BCUT2D eigenvalue weighted by Gasteiger charge is 2.24. The highest BCUT2D eigenvalue weighted by molar-refractivity contribution is 4.75. The van der Waals surface area contributed by atoms with Gasteiger partial charge in [-0.15, -0.1) is 0 Å². The number of hydrogen-bond donors (Lipinski definition) is 1. The van der Waals surface area contributed by atoms with Crippen LogP contribution in [0.4, 0.5) is 8.78 Å². The van der Waals surface area contributed by atoms with E-state index in [0.717, 1.165) is 33.0 Å². The van der Waals surface area contributed by atoms with Gasteiger partial charge in [0.2, 0.25) is 5.92 Å². The Bertz CT molecular complexity index is 178. The summed E-state index contributed by atoms with van der Waals surface area (Å²) in [6.07, 6.45) is 2.35. The fourth-order valence-electron chi connectivity index (χ4n) is 2.16. The Balaban J connectivity index is 2.24. The van der Waals surface area contributed by atoms with Crippen molar-refractivity contribution < 1.29 is 8.78 Å². The maximum absolute atomic E-state index is 12.7. The molecular weight excluding hydrogens is 198 g/mol. The van der Waals surface area contributed by atoms with Crippen molar-refractivity contribution in [2.24, 2.45) is 5.92 Å². The fraction of sp³-hybridized carbons (Fsp3) is 1.00. The second-order valence-electron chi connectivity index (χ2n) is 4.69. The van der Waals surface area contributed by atoms with Gasteiger partial charge in [0.05, 0.1) is 0 Å². The third kappa shape index (κ3) is 5.42. The van der Waals surface area contributed by atoms with Crippen molar-refractivity contribution in [3.63, 3.8) is 0 Å². The van der Waals surface area contributed by atoms with Gasteiger partial charge in [0.15, 0.2) is 0 Å². The summed E-state index contributed by atoms with van der Waals surface area (Å²) in [5.41, 5.74) is 0. The van der Waals surface area contributed by atoms with Crippen molar-refractivity contribution in [3.8, 4) is 0 Å². The van der Waals surface area contributed by atoms with Gasteiger partial charge in [-0.25, -0.2) is 8.78 Å². The SMILES string of the molecule is CNCC1CCCN(CCC(C)(F)F)C1. The zero-order chi connectivity index (χ0) is 11.3. The molecule has 0 aromatic heterocycles. The standard InChI is InChI=1S/C11H22F2N2/c1-11(12,13)5-7-15-6-3-4-10(9-15)8-14-2/h10,14H,3-9H2,1-2H3.